The zero-order chi connectivity index (χ0) is 23.4. The molecule has 3 aromatic rings. The first kappa shape index (κ1) is 23.0. The highest BCUT2D eigenvalue weighted by Gasteiger charge is 2.28. The third-order valence-corrected chi connectivity index (χ3v) is 7.11. The number of halogens is 1. The van der Waals surface area contributed by atoms with Crippen LogP contribution in [-0.2, 0) is 32.5 Å². The number of para-hydroxylation sites is 1. The monoisotopic (exact) mass is 483 g/mol. The van der Waals surface area contributed by atoms with Crippen LogP contribution in [0.3, 0.4) is 0 Å². The molecule has 3 N–H and O–H groups in total. The number of rotatable bonds is 7. The normalized spacial score (nSPS) is 14.2. The van der Waals surface area contributed by atoms with E-state index in [1.165, 1.54) is 12.1 Å². The first-order valence-corrected chi connectivity index (χ1v) is 12.2. The van der Waals surface area contributed by atoms with Gasteiger partial charge in [0.25, 0.3) is 0 Å². The van der Waals surface area contributed by atoms with E-state index in [4.69, 9.17) is 11.6 Å². The summed E-state index contributed by atoms with van der Waals surface area (Å²) in [6.07, 6.45) is 0.892. The van der Waals surface area contributed by atoms with Gasteiger partial charge in [-0.15, -0.1) is 0 Å². The topological polar surface area (TPSA) is 104 Å². The van der Waals surface area contributed by atoms with Crippen molar-refractivity contribution in [3.05, 3.63) is 88.9 Å². The summed E-state index contributed by atoms with van der Waals surface area (Å²) in [5.74, 6) is -0.629. The van der Waals surface area contributed by atoms with Gasteiger partial charge in [0.15, 0.2) is 0 Å². The molecule has 1 aliphatic heterocycles. The van der Waals surface area contributed by atoms with Crippen molar-refractivity contribution in [2.45, 2.75) is 30.2 Å². The lowest BCUT2D eigenvalue weighted by Gasteiger charge is -2.21. The number of hydrogen-bond donors (Lipinski definition) is 3. The molecule has 0 saturated carbocycles. The fraction of sp³-hybridized carbons (Fsp3) is 0.167. The molecule has 1 unspecified atom stereocenters. The summed E-state index contributed by atoms with van der Waals surface area (Å²) in [6, 6.07) is 19.3. The van der Waals surface area contributed by atoms with E-state index in [2.05, 4.69) is 15.4 Å². The minimum Gasteiger partial charge on any atom is -0.326 e. The van der Waals surface area contributed by atoms with E-state index >= 15 is 0 Å². The molecule has 4 rings (SSSR count). The first-order chi connectivity index (χ1) is 15.8. The van der Waals surface area contributed by atoms with Crippen molar-refractivity contribution in [1.29, 1.82) is 0 Å². The van der Waals surface area contributed by atoms with Crippen LogP contribution in [0.25, 0.3) is 0 Å². The zero-order valence-electron chi connectivity index (χ0n) is 17.5. The molecule has 0 spiro atoms. The number of nitrogens with one attached hydrogen (secondary N) is 3. The predicted octanol–water partition coefficient (Wildman–Crippen LogP) is 3.75. The van der Waals surface area contributed by atoms with Crippen molar-refractivity contribution in [3.63, 3.8) is 0 Å². The second-order valence-electron chi connectivity index (χ2n) is 7.70. The molecule has 0 bridgehead atoms. The lowest BCUT2D eigenvalue weighted by molar-refractivity contribution is -0.118. The van der Waals surface area contributed by atoms with Crippen LogP contribution in [0.4, 0.5) is 11.4 Å². The summed E-state index contributed by atoms with van der Waals surface area (Å²) in [5.41, 5.74) is 2.53. The molecule has 0 aromatic heterocycles. The van der Waals surface area contributed by atoms with Gasteiger partial charge >= 0.3 is 0 Å². The van der Waals surface area contributed by atoms with Crippen molar-refractivity contribution >= 4 is 44.8 Å². The fourth-order valence-corrected chi connectivity index (χ4v) is 5.03. The quantitative estimate of drug-likeness (QED) is 0.476. The second-order valence-corrected chi connectivity index (χ2v) is 9.82. The molecule has 2 amide bonds. The van der Waals surface area contributed by atoms with Gasteiger partial charge in [-0.25, -0.2) is 8.42 Å². The smallest absolute Gasteiger partial charge is 0.242 e. The highest BCUT2D eigenvalue weighted by atomic mass is 35.5. The summed E-state index contributed by atoms with van der Waals surface area (Å²) in [6.45, 7) is 0. The van der Waals surface area contributed by atoms with E-state index < -0.39 is 22.0 Å². The van der Waals surface area contributed by atoms with Crippen LogP contribution in [-0.4, -0.2) is 26.3 Å². The average Bonchev–Trinajstić information content (AvgIpc) is 2.80. The molecule has 0 radical (unpaired) electrons. The van der Waals surface area contributed by atoms with Gasteiger partial charge < -0.3 is 10.6 Å². The molecular formula is C24H22ClN3O4S. The molecule has 0 aliphatic carbocycles. The van der Waals surface area contributed by atoms with Gasteiger partial charge in [-0.05, 0) is 54.3 Å². The summed E-state index contributed by atoms with van der Waals surface area (Å²) >= 11 is 6.16. The highest BCUT2D eigenvalue weighted by molar-refractivity contribution is 7.89. The van der Waals surface area contributed by atoms with Gasteiger partial charge in [-0.1, -0.05) is 54.1 Å². The Kier molecular flexibility index (Phi) is 6.78. The number of benzene rings is 3. The lowest BCUT2D eigenvalue weighted by Crippen LogP contribution is -2.45. The van der Waals surface area contributed by atoms with Crippen molar-refractivity contribution in [1.82, 2.24) is 4.72 Å². The number of sulfonamides is 1. The maximum atomic E-state index is 13.2. The van der Waals surface area contributed by atoms with E-state index in [1.54, 1.807) is 30.3 Å². The van der Waals surface area contributed by atoms with Crippen molar-refractivity contribution in [2.75, 3.05) is 10.6 Å². The van der Waals surface area contributed by atoms with Crippen LogP contribution < -0.4 is 15.4 Å². The summed E-state index contributed by atoms with van der Waals surface area (Å²) < 4.78 is 28.9. The summed E-state index contributed by atoms with van der Waals surface area (Å²) in [4.78, 5) is 24.7. The van der Waals surface area contributed by atoms with Crippen LogP contribution in [0, 0.1) is 0 Å². The Morgan fingerprint density at radius 3 is 2.48 bits per heavy atom. The third kappa shape index (κ3) is 5.60. The summed E-state index contributed by atoms with van der Waals surface area (Å²) in [5, 5.41) is 5.80. The van der Waals surface area contributed by atoms with E-state index in [0.717, 1.165) is 11.1 Å². The van der Waals surface area contributed by atoms with Gasteiger partial charge in [-0.2, -0.15) is 4.72 Å². The molecule has 7 nitrogen and oxygen atoms in total. The van der Waals surface area contributed by atoms with E-state index in [0.29, 0.717) is 29.2 Å². The molecular weight excluding hydrogens is 462 g/mol. The van der Waals surface area contributed by atoms with Crippen LogP contribution in [0.1, 0.15) is 17.5 Å². The third-order valence-electron chi connectivity index (χ3n) is 5.31. The predicted molar refractivity (Wildman–Crippen MR) is 128 cm³/mol. The molecule has 170 valence electrons. The highest BCUT2D eigenvalue weighted by Crippen LogP contribution is 2.26. The summed E-state index contributed by atoms with van der Waals surface area (Å²) in [7, 11) is -4.03. The van der Waals surface area contributed by atoms with E-state index in [-0.39, 0.29) is 17.2 Å². The first-order valence-electron chi connectivity index (χ1n) is 10.4. The average molecular weight is 484 g/mol. The molecule has 1 atom stereocenters. The standard InChI is InChI=1S/C24H22ClN3O4S/c25-19-8-4-5-9-21(19)27-24(30)22(14-16-6-2-1-3-7-16)28-33(31,32)18-11-12-20-17(15-18)10-13-23(29)26-20/h1-9,11-12,15,22,28H,10,13-14H2,(H,26,29)(H,27,30). The number of anilines is 2. The van der Waals surface area contributed by atoms with Crippen molar-refractivity contribution in [2.24, 2.45) is 0 Å². The maximum absolute atomic E-state index is 13.2. The number of aryl methyl sites for hydroxylation is 1. The SMILES string of the molecule is O=C1CCc2cc(S(=O)(=O)NC(Cc3ccccc3)C(=O)Nc3ccccc3Cl)ccc2N1. The Morgan fingerprint density at radius 1 is 1.00 bits per heavy atom. The Labute approximate surface area is 197 Å². The molecule has 1 heterocycles. The number of fused-ring (bicyclic) bond motifs is 1. The van der Waals surface area contributed by atoms with Gasteiger partial charge in [0, 0.05) is 12.1 Å². The van der Waals surface area contributed by atoms with Gasteiger partial charge in [0.2, 0.25) is 21.8 Å². The molecule has 9 heteroatoms. The fourth-order valence-electron chi connectivity index (χ4n) is 3.60. The van der Waals surface area contributed by atoms with Crippen molar-refractivity contribution < 1.29 is 18.0 Å². The van der Waals surface area contributed by atoms with Gasteiger partial charge in [0.1, 0.15) is 6.04 Å². The number of hydrogen-bond acceptors (Lipinski definition) is 4. The number of carbonyl (C=O) groups excluding carboxylic acids is 2. The Hall–Kier alpha value is -3.20. The Morgan fingerprint density at radius 2 is 1.73 bits per heavy atom. The van der Waals surface area contributed by atoms with Gasteiger partial charge in [-0.3, -0.25) is 9.59 Å². The van der Waals surface area contributed by atoms with E-state index in [9.17, 15) is 18.0 Å². The maximum Gasteiger partial charge on any atom is 0.242 e. The van der Waals surface area contributed by atoms with Crippen LogP contribution in [0.2, 0.25) is 5.02 Å². The van der Waals surface area contributed by atoms with Crippen LogP contribution in [0.15, 0.2) is 77.7 Å². The van der Waals surface area contributed by atoms with E-state index in [1.807, 2.05) is 30.3 Å². The van der Waals surface area contributed by atoms with Gasteiger partial charge in [0.05, 0.1) is 15.6 Å². The molecule has 0 fully saturated rings. The van der Waals surface area contributed by atoms with Crippen molar-refractivity contribution in [3.8, 4) is 0 Å². The van der Waals surface area contributed by atoms with Crippen LogP contribution >= 0.6 is 11.6 Å². The minimum absolute atomic E-state index is 0.0287. The molecule has 1 aliphatic rings. The molecule has 0 saturated heterocycles. The number of carbonyl (C=O) groups is 2. The second kappa shape index (κ2) is 9.74. The zero-order valence-corrected chi connectivity index (χ0v) is 19.1. The molecule has 3 aromatic carbocycles. The minimum atomic E-state index is -4.03. The Balaban J connectivity index is 1.60. The Bertz CT molecular complexity index is 1300. The lowest BCUT2D eigenvalue weighted by atomic mass is 10.0. The largest absolute Gasteiger partial charge is 0.326 e. The molecule has 33 heavy (non-hydrogen) atoms. The van der Waals surface area contributed by atoms with Crippen LogP contribution in [0.5, 0.6) is 0 Å². The number of amides is 2.